The van der Waals surface area contributed by atoms with Crippen LogP contribution in [0.5, 0.6) is 0 Å². The summed E-state index contributed by atoms with van der Waals surface area (Å²) in [4.78, 5) is 4.23. The zero-order valence-electron chi connectivity index (χ0n) is 13.1. The molecule has 2 rings (SSSR count). The van der Waals surface area contributed by atoms with E-state index in [0.29, 0.717) is 6.04 Å². The third-order valence-electron chi connectivity index (χ3n) is 4.94. The fourth-order valence-electron chi connectivity index (χ4n) is 3.87. The predicted octanol–water partition coefficient (Wildman–Crippen LogP) is 4.21. The Kier molecular flexibility index (Phi) is 6.52. The number of nitrogens with one attached hydrogen (secondary N) is 1. The molecule has 0 aromatic carbocycles. The van der Waals surface area contributed by atoms with Gasteiger partial charge in [-0.1, -0.05) is 45.6 Å². The Labute approximate surface area is 124 Å². The van der Waals surface area contributed by atoms with Crippen molar-refractivity contribution in [1.29, 1.82) is 0 Å². The normalized spacial score (nSPS) is 24.5. The van der Waals surface area contributed by atoms with Crippen molar-refractivity contribution in [3.8, 4) is 0 Å². The van der Waals surface area contributed by atoms with Gasteiger partial charge < -0.3 is 5.32 Å². The maximum atomic E-state index is 4.23. The molecule has 0 saturated heterocycles. The van der Waals surface area contributed by atoms with Gasteiger partial charge in [-0.25, -0.2) is 0 Å². The molecule has 20 heavy (non-hydrogen) atoms. The summed E-state index contributed by atoms with van der Waals surface area (Å²) >= 11 is 0. The van der Waals surface area contributed by atoms with E-state index < -0.39 is 0 Å². The molecule has 1 aromatic rings. The zero-order chi connectivity index (χ0) is 14.2. The van der Waals surface area contributed by atoms with Crippen molar-refractivity contribution in [2.45, 2.75) is 64.8 Å². The van der Waals surface area contributed by atoms with Crippen molar-refractivity contribution in [1.82, 2.24) is 10.3 Å². The molecule has 1 saturated carbocycles. The molecule has 0 bridgehead atoms. The second-order valence-corrected chi connectivity index (χ2v) is 6.18. The average Bonchev–Trinajstić information content (AvgIpc) is 2.52. The molecule has 0 amide bonds. The minimum Gasteiger partial charge on any atom is -0.314 e. The summed E-state index contributed by atoms with van der Waals surface area (Å²) in [6.45, 7) is 5.69. The second kappa shape index (κ2) is 8.41. The van der Waals surface area contributed by atoms with Crippen molar-refractivity contribution < 1.29 is 0 Å². The summed E-state index contributed by atoms with van der Waals surface area (Å²) in [5, 5.41) is 3.77. The van der Waals surface area contributed by atoms with Crippen LogP contribution in [-0.2, 0) is 6.42 Å². The van der Waals surface area contributed by atoms with Gasteiger partial charge in [-0.05, 0) is 49.3 Å². The minimum atomic E-state index is 0.686. The maximum absolute atomic E-state index is 4.23. The number of pyridine rings is 1. The fraction of sp³-hybridized carbons (Fsp3) is 0.722. The predicted molar refractivity (Wildman–Crippen MR) is 85.8 cm³/mol. The van der Waals surface area contributed by atoms with Crippen molar-refractivity contribution in [2.75, 3.05) is 6.54 Å². The Balaban J connectivity index is 1.94. The number of nitrogens with zero attached hydrogens (tertiary/aromatic N) is 1. The van der Waals surface area contributed by atoms with Crippen LogP contribution >= 0.6 is 0 Å². The van der Waals surface area contributed by atoms with Crippen LogP contribution in [0, 0.1) is 11.8 Å². The quantitative estimate of drug-likeness (QED) is 0.805. The lowest BCUT2D eigenvalue weighted by Gasteiger charge is -2.37. The van der Waals surface area contributed by atoms with Gasteiger partial charge >= 0.3 is 0 Å². The lowest BCUT2D eigenvalue weighted by Crippen LogP contribution is -2.41. The van der Waals surface area contributed by atoms with E-state index in [1.54, 1.807) is 0 Å². The topological polar surface area (TPSA) is 24.9 Å². The van der Waals surface area contributed by atoms with Crippen LogP contribution in [0.2, 0.25) is 0 Å². The highest BCUT2D eigenvalue weighted by molar-refractivity contribution is 5.08. The highest BCUT2D eigenvalue weighted by Gasteiger charge is 2.29. The Bertz CT molecular complexity index is 363. The lowest BCUT2D eigenvalue weighted by molar-refractivity contribution is 0.170. The van der Waals surface area contributed by atoms with E-state index in [1.807, 2.05) is 18.5 Å². The average molecular weight is 274 g/mol. The van der Waals surface area contributed by atoms with Gasteiger partial charge in [-0.3, -0.25) is 4.98 Å². The third-order valence-corrected chi connectivity index (χ3v) is 4.94. The summed E-state index contributed by atoms with van der Waals surface area (Å²) in [5.74, 6) is 1.81. The van der Waals surface area contributed by atoms with Crippen molar-refractivity contribution in [3.05, 3.63) is 30.1 Å². The SMILES string of the molecule is CCNC(CCc1cccnc1)C1CCCCC1CC. The maximum Gasteiger partial charge on any atom is 0.0299 e. The molecule has 0 aliphatic heterocycles. The van der Waals surface area contributed by atoms with E-state index in [2.05, 4.69) is 30.2 Å². The number of aromatic nitrogens is 1. The van der Waals surface area contributed by atoms with E-state index >= 15 is 0 Å². The van der Waals surface area contributed by atoms with Crippen molar-refractivity contribution >= 4 is 0 Å². The summed E-state index contributed by atoms with van der Waals surface area (Å²) in [5.41, 5.74) is 1.37. The molecule has 1 fully saturated rings. The fourth-order valence-corrected chi connectivity index (χ4v) is 3.87. The molecule has 1 aliphatic carbocycles. The van der Waals surface area contributed by atoms with Gasteiger partial charge in [0.2, 0.25) is 0 Å². The van der Waals surface area contributed by atoms with E-state index in [9.17, 15) is 0 Å². The van der Waals surface area contributed by atoms with Crippen LogP contribution in [0.4, 0.5) is 0 Å². The summed E-state index contributed by atoms with van der Waals surface area (Å²) in [6.07, 6.45) is 13.4. The first kappa shape index (κ1) is 15.5. The van der Waals surface area contributed by atoms with Gasteiger partial charge in [0.25, 0.3) is 0 Å². The Morgan fingerprint density at radius 1 is 1.30 bits per heavy atom. The molecule has 1 N–H and O–H groups in total. The molecule has 112 valence electrons. The van der Waals surface area contributed by atoms with Crippen LogP contribution in [0.1, 0.15) is 57.9 Å². The molecule has 1 aliphatic rings. The van der Waals surface area contributed by atoms with Gasteiger partial charge in [0.1, 0.15) is 0 Å². The summed E-state index contributed by atoms with van der Waals surface area (Å²) in [7, 11) is 0. The van der Waals surface area contributed by atoms with E-state index in [4.69, 9.17) is 0 Å². The Morgan fingerprint density at radius 2 is 2.15 bits per heavy atom. The molecule has 1 heterocycles. The molecule has 0 spiro atoms. The first-order valence-electron chi connectivity index (χ1n) is 8.47. The molecule has 3 unspecified atom stereocenters. The first-order chi connectivity index (χ1) is 9.85. The Morgan fingerprint density at radius 3 is 2.85 bits per heavy atom. The van der Waals surface area contributed by atoms with Crippen LogP contribution in [0.25, 0.3) is 0 Å². The lowest BCUT2D eigenvalue weighted by atomic mass is 9.73. The van der Waals surface area contributed by atoms with Crippen LogP contribution in [0.15, 0.2) is 24.5 Å². The largest absolute Gasteiger partial charge is 0.314 e. The monoisotopic (exact) mass is 274 g/mol. The standard InChI is InChI=1S/C18H30N2/c1-3-16-9-5-6-10-17(16)18(20-4-2)12-11-15-8-7-13-19-14-15/h7-8,13-14,16-18,20H,3-6,9-12H2,1-2H3. The zero-order valence-corrected chi connectivity index (χ0v) is 13.1. The van der Waals surface area contributed by atoms with Crippen LogP contribution in [-0.4, -0.2) is 17.6 Å². The second-order valence-electron chi connectivity index (χ2n) is 6.18. The van der Waals surface area contributed by atoms with Crippen LogP contribution in [0.3, 0.4) is 0 Å². The number of rotatable bonds is 7. The molecule has 2 heteroatoms. The number of aryl methyl sites for hydroxylation is 1. The minimum absolute atomic E-state index is 0.686. The van der Waals surface area contributed by atoms with Gasteiger partial charge in [0, 0.05) is 18.4 Å². The summed E-state index contributed by atoms with van der Waals surface area (Å²) < 4.78 is 0. The highest BCUT2D eigenvalue weighted by Crippen LogP contribution is 2.35. The Hall–Kier alpha value is -0.890. The molecule has 2 nitrogen and oxygen atoms in total. The van der Waals surface area contributed by atoms with Crippen molar-refractivity contribution in [2.24, 2.45) is 11.8 Å². The smallest absolute Gasteiger partial charge is 0.0299 e. The molecule has 3 atom stereocenters. The molecule has 1 aromatic heterocycles. The van der Waals surface area contributed by atoms with E-state index in [1.165, 1.54) is 44.1 Å². The molecule has 0 radical (unpaired) electrons. The summed E-state index contributed by atoms with van der Waals surface area (Å²) in [6, 6.07) is 4.94. The number of hydrogen-bond donors (Lipinski definition) is 1. The van der Waals surface area contributed by atoms with E-state index in [0.717, 1.165) is 24.8 Å². The van der Waals surface area contributed by atoms with Crippen LogP contribution < -0.4 is 5.32 Å². The van der Waals surface area contributed by atoms with Gasteiger partial charge in [-0.2, -0.15) is 0 Å². The van der Waals surface area contributed by atoms with E-state index in [-0.39, 0.29) is 0 Å². The first-order valence-corrected chi connectivity index (χ1v) is 8.47. The molecular weight excluding hydrogens is 244 g/mol. The highest BCUT2D eigenvalue weighted by atomic mass is 14.9. The third kappa shape index (κ3) is 4.31. The van der Waals surface area contributed by atoms with Gasteiger partial charge in [-0.15, -0.1) is 0 Å². The van der Waals surface area contributed by atoms with Gasteiger partial charge in [0.05, 0.1) is 0 Å². The molecular formula is C18H30N2. The number of hydrogen-bond acceptors (Lipinski definition) is 2. The van der Waals surface area contributed by atoms with Crippen molar-refractivity contribution in [3.63, 3.8) is 0 Å². The van der Waals surface area contributed by atoms with Gasteiger partial charge in [0.15, 0.2) is 0 Å².